The van der Waals surface area contributed by atoms with E-state index >= 15 is 0 Å². The fourth-order valence-corrected chi connectivity index (χ4v) is 2.02. The molecule has 0 radical (unpaired) electrons. The van der Waals surface area contributed by atoms with Crippen molar-refractivity contribution in [1.82, 2.24) is 5.32 Å². The van der Waals surface area contributed by atoms with Crippen LogP contribution in [0.3, 0.4) is 0 Å². The topological polar surface area (TPSA) is 29.1 Å². The molecule has 0 aliphatic rings. The highest BCUT2D eigenvalue weighted by Crippen LogP contribution is 2.09. The standard InChI is InChI=1S/C16H33NO/c1-14(2)10-7-5-6-8-13-17-16(18)12-9-11-15(3)4/h14-15H,5-13H2,1-4H3,(H,17,18). The van der Waals surface area contributed by atoms with Gasteiger partial charge in [-0.3, -0.25) is 4.79 Å². The Balaban J connectivity index is 3.20. The summed E-state index contributed by atoms with van der Waals surface area (Å²) in [6, 6.07) is 0. The van der Waals surface area contributed by atoms with E-state index in [4.69, 9.17) is 0 Å². The number of hydrogen-bond donors (Lipinski definition) is 1. The van der Waals surface area contributed by atoms with Gasteiger partial charge in [-0.05, 0) is 24.7 Å². The molecule has 0 atom stereocenters. The lowest BCUT2D eigenvalue weighted by Crippen LogP contribution is -2.24. The van der Waals surface area contributed by atoms with Crippen LogP contribution in [-0.2, 0) is 4.79 Å². The Morgan fingerprint density at radius 3 is 2.00 bits per heavy atom. The van der Waals surface area contributed by atoms with Gasteiger partial charge in [-0.1, -0.05) is 59.8 Å². The summed E-state index contributed by atoms with van der Waals surface area (Å²) in [6.07, 6.45) is 9.24. The predicted molar refractivity (Wildman–Crippen MR) is 79.6 cm³/mol. The summed E-state index contributed by atoms with van der Waals surface area (Å²) in [6.45, 7) is 9.82. The van der Waals surface area contributed by atoms with Crippen molar-refractivity contribution in [3.63, 3.8) is 0 Å². The SMILES string of the molecule is CC(C)CCCCCCNC(=O)CCCC(C)C. The summed E-state index contributed by atoms with van der Waals surface area (Å²) in [7, 11) is 0. The van der Waals surface area contributed by atoms with E-state index in [1.165, 1.54) is 25.7 Å². The van der Waals surface area contributed by atoms with Crippen LogP contribution in [0.4, 0.5) is 0 Å². The quantitative estimate of drug-likeness (QED) is 0.540. The lowest BCUT2D eigenvalue weighted by molar-refractivity contribution is -0.121. The molecule has 0 fully saturated rings. The number of unbranched alkanes of at least 4 members (excludes halogenated alkanes) is 3. The van der Waals surface area contributed by atoms with Crippen LogP contribution in [0.2, 0.25) is 0 Å². The summed E-state index contributed by atoms with van der Waals surface area (Å²) >= 11 is 0. The molecule has 0 aromatic rings. The van der Waals surface area contributed by atoms with Crippen LogP contribution in [0.25, 0.3) is 0 Å². The van der Waals surface area contributed by atoms with Crippen molar-refractivity contribution in [1.29, 1.82) is 0 Å². The van der Waals surface area contributed by atoms with Crippen molar-refractivity contribution >= 4 is 5.91 Å². The van der Waals surface area contributed by atoms with E-state index < -0.39 is 0 Å². The fraction of sp³-hybridized carbons (Fsp3) is 0.938. The van der Waals surface area contributed by atoms with Crippen molar-refractivity contribution in [3.05, 3.63) is 0 Å². The normalized spacial score (nSPS) is 11.2. The molecule has 0 rings (SSSR count). The summed E-state index contributed by atoms with van der Waals surface area (Å²) < 4.78 is 0. The van der Waals surface area contributed by atoms with E-state index in [0.717, 1.165) is 31.7 Å². The van der Waals surface area contributed by atoms with E-state index in [0.29, 0.717) is 12.3 Å². The number of hydrogen-bond acceptors (Lipinski definition) is 1. The van der Waals surface area contributed by atoms with Gasteiger partial charge in [0, 0.05) is 13.0 Å². The summed E-state index contributed by atoms with van der Waals surface area (Å²) in [5.41, 5.74) is 0. The zero-order valence-electron chi connectivity index (χ0n) is 12.9. The van der Waals surface area contributed by atoms with Gasteiger partial charge in [0.05, 0.1) is 0 Å². The predicted octanol–water partition coefficient (Wildman–Crippen LogP) is 4.54. The molecule has 108 valence electrons. The summed E-state index contributed by atoms with van der Waals surface area (Å²) in [5.74, 6) is 1.77. The maximum atomic E-state index is 11.5. The molecule has 0 aromatic heterocycles. The largest absolute Gasteiger partial charge is 0.356 e. The molecule has 0 aliphatic carbocycles. The first-order valence-corrected chi connectivity index (χ1v) is 7.79. The maximum Gasteiger partial charge on any atom is 0.219 e. The zero-order chi connectivity index (χ0) is 13.8. The molecule has 0 aromatic carbocycles. The number of rotatable bonds is 11. The minimum atomic E-state index is 0.234. The number of amides is 1. The van der Waals surface area contributed by atoms with E-state index in [1.807, 2.05) is 0 Å². The molecule has 0 aliphatic heterocycles. The first-order valence-electron chi connectivity index (χ1n) is 7.79. The van der Waals surface area contributed by atoms with Crippen molar-refractivity contribution in [2.75, 3.05) is 6.54 Å². The van der Waals surface area contributed by atoms with Gasteiger partial charge < -0.3 is 5.32 Å². The zero-order valence-corrected chi connectivity index (χ0v) is 12.9. The van der Waals surface area contributed by atoms with Gasteiger partial charge in [0.15, 0.2) is 0 Å². The van der Waals surface area contributed by atoms with E-state index in [9.17, 15) is 4.79 Å². The van der Waals surface area contributed by atoms with E-state index in [2.05, 4.69) is 33.0 Å². The van der Waals surface area contributed by atoms with Gasteiger partial charge in [-0.25, -0.2) is 0 Å². The average molecular weight is 255 g/mol. The smallest absolute Gasteiger partial charge is 0.219 e. The molecule has 2 heteroatoms. The van der Waals surface area contributed by atoms with Crippen LogP contribution in [-0.4, -0.2) is 12.5 Å². The Morgan fingerprint density at radius 1 is 0.833 bits per heavy atom. The Morgan fingerprint density at radius 2 is 1.39 bits per heavy atom. The second-order valence-corrected chi connectivity index (χ2v) is 6.23. The molecule has 1 amide bonds. The van der Waals surface area contributed by atoms with Crippen molar-refractivity contribution in [3.8, 4) is 0 Å². The third-order valence-electron chi connectivity index (χ3n) is 3.22. The molecule has 2 nitrogen and oxygen atoms in total. The highest BCUT2D eigenvalue weighted by molar-refractivity contribution is 5.75. The van der Waals surface area contributed by atoms with Crippen molar-refractivity contribution in [2.45, 2.75) is 79.1 Å². The minimum absolute atomic E-state index is 0.234. The van der Waals surface area contributed by atoms with Gasteiger partial charge in [-0.15, -0.1) is 0 Å². The monoisotopic (exact) mass is 255 g/mol. The Hall–Kier alpha value is -0.530. The molecular weight excluding hydrogens is 222 g/mol. The van der Waals surface area contributed by atoms with Crippen LogP contribution >= 0.6 is 0 Å². The van der Waals surface area contributed by atoms with E-state index in [1.54, 1.807) is 0 Å². The Labute approximate surface area is 114 Å². The molecule has 18 heavy (non-hydrogen) atoms. The van der Waals surface area contributed by atoms with Crippen LogP contribution in [0, 0.1) is 11.8 Å². The second kappa shape index (κ2) is 11.6. The number of nitrogens with one attached hydrogen (secondary N) is 1. The number of carbonyl (C=O) groups excluding carboxylic acids is 1. The van der Waals surface area contributed by atoms with Crippen LogP contribution in [0.15, 0.2) is 0 Å². The molecule has 1 N–H and O–H groups in total. The molecule has 0 bridgehead atoms. The first-order chi connectivity index (χ1) is 8.52. The Kier molecular flexibility index (Phi) is 11.2. The maximum absolute atomic E-state index is 11.5. The molecule has 0 heterocycles. The van der Waals surface area contributed by atoms with Gasteiger partial charge in [-0.2, -0.15) is 0 Å². The molecular formula is C16H33NO. The van der Waals surface area contributed by atoms with Crippen LogP contribution in [0.5, 0.6) is 0 Å². The lowest BCUT2D eigenvalue weighted by Gasteiger charge is -2.07. The molecule has 0 saturated heterocycles. The van der Waals surface area contributed by atoms with Gasteiger partial charge in [0.1, 0.15) is 0 Å². The van der Waals surface area contributed by atoms with Crippen molar-refractivity contribution < 1.29 is 4.79 Å². The summed E-state index contributed by atoms with van der Waals surface area (Å²) in [5, 5.41) is 3.02. The minimum Gasteiger partial charge on any atom is -0.356 e. The van der Waals surface area contributed by atoms with E-state index in [-0.39, 0.29) is 5.91 Å². The summed E-state index contributed by atoms with van der Waals surface area (Å²) in [4.78, 5) is 11.5. The van der Waals surface area contributed by atoms with Gasteiger partial charge in [0.2, 0.25) is 5.91 Å². The van der Waals surface area contributed by atoms with Crippen molar-refractivity contribution in [2.24, 2.45) is 11.8 Å². The highest BCUT2D eigenvalue weighted by atomic mass is 16.1. The molecule has 0 unspecified atom stereocenters. The lowest BCUT2D eigenvalue weighted by atomic mass is 10.0. The highest BCUT2D eigenvalue weighted by Gasteiger charge is 2.01. The van der Waals surface area contributed by atoms with Gasteiger partial charge >= 0.3 is 0 Å². The van der Waals surface area contributed by atoms with Gasteiger partial charge in [0.25, 0.3) is 0 Å². The van der Waals surface area contributed by atoms with Crippen LogP contribution < -0.4 is 5.32 Å². The first kappa shape index (κ1) is 17.5. The molecule has 0 saturated carbocycles. The second-order valence-electron chi connectivity index (χ2n) is 6.23. The number of carbonyl (C=O) groups is 1. The van der Waals surface area contributed by atoms with Crippen LogP contribution in [0.1, 0.15) is 79.1 Å². The average Bonchev–Trinajstić information content (AvgIpc) is 2.26. The third kappa shape index (κ3) is 13.5. The molecule has 0 spiro atoms. The Bertz CT molecular complexity index is 199. The fourth-order valence-electron chi connectivity index (χ4n) is 2.02. The third-order valence-corrected chi connectivity index (χ3v) is 3.22.